The van der Waals surface area contributed by atoms with Crippen LogP contribution in [0.4, 0.5) is 5.82 Å². The lowest BCUT2D eigenvalue weighted by atomic mass is 9.96. The van der Waals surface area contributed by atoms with E-state index >= 15 is 0 Å². The number of nitrogens with one attached hydrogen (secondary N) is 2. The monoisotopic (exact) mass is 371 g/mol. The standard InChI is InChI=1S/C18H25N7S/c1-25(8-4-6-13-12(9-19)16(20)24-23-13)17-15-11-5-2-3-7-14(11)26-18(15)22-10-21-17/h10,12-13,16,23-24H,2-8,20H2,1H3. The third-order valence-corrected chi connectivity index (χ3v) is 6.71. The quantitative estimate of drug-likeness (QED) is 0.735. The lowest BCUT2D eigenvalue weighted by molar-refractivity contribution is 0.463. The molecule has 4 N–H and O–H groups in total. The summed E-state index contributed by atoms with van der Waals surface area (Å²) in [5.41, 5.74) is 13.5. The van der Waals surface area contributed by atoms with Gasteiger partial charge in [0, 0.05) is 24.5 Å². The van der Waals surface area contributed by atoms with E-state index in [-0.39, 0.29) is 18.1 Å². The maximum absolute atomic E-state index is 9.26. The predicted molar refractivity (Wildman–Crippen MR) is 104 cm³/mol. The molecule has 1 saturated heterocycles. The molecule has 1 aliphatic heterocycles. The molecular formula is C18H25N7S. The first-order valence-electron chi connectivity index (χ1n) is 9.31. The minimum absolute atomic E-state index is 0.0997. The summed E-state index contributed by atoms with van der Waals surface area (Å²) < 4.78 is 0. The SMILES string of the molecule is CN(CCCC1NNC(N)C1C#N)c1ncnc2sc3c(c12)CCCC3. The van der Waals surface area contributed by atoms with E-state index < -0.39 is 0 Å². The Labute approximate surface area is 157 Å². The van der Waals surface area contributed by atoms with Crippen LogP contribution in [-0.4, -0.2) is 35.8 Å². The largest absolute Gasteiger partial charge is 0.359 e. The highest BCUT2D eigenvalue weighted by atomic mass is 32.1. The molecule has 1 aliphatic carbocycles. The van der Waals surface area contributed by atoms with Crippen LogP contribution in [0.5, 0.6) is 0 Å². The number of nitrogens with two attached hydrogens (primary N) is 1. The van der Waals surface area contributed by atoms with Crippen LogP contribution >= 0.6 is 11.3 Å². The van der Waals surface area contributed by atoms with Crippen molar-refractivity contribution >= 4 is 27.4 Å². The first-order valence-corrected chi connectivity index (χ1v) is 10.1. The van der Waals surface area contributed by atoms with Crippen molar-refractivity contribution in [3.05, 3.63) is 16.8 Å². The molecule has 8 heteroatoms. The minimum Gasteiger partial charge on any atom is -0.359 e. The molecule has 3 heterocycles. The van der Waals surface area contributed by atoms with Gasteiger partial charge in [-0.3, -0.25) is 5.43 Å². The van der Waals surface area contributed by atoms with Crippen LogP contribution in [0, 0.1) is 17.2 Å². The Balaban J connectivity index is 1.46. The van der Waals surface area contributed by atoms with Crippen molar-refractivity contribution in [1.29, 1.82) is 5.26 Å². The number of nitrogens with zero attached hydrogens (tertiary/aromatic N) is 4. The van der Waals surface area contributed by atoms with Gasteiger partial charge in [-0.1, -0.05) is 0 Å². The van der Waals surface area contributed by atoms with Crippen molar-refractivity contribution in [1.82, 2.24) is 20.8 Å². The summed E-state index contributed by atoms with van der Waals surface area (Å²) in [4.78, 5) is 14.0. The van der Waals surface area contributed by atoms with Gasteiger partial charge in [0.1, 0.15) is 17.0 Å². The first-order chi connectivity index (χ1) is 12.7. The van der Waals surface area contributed by atoms with Crippen LogP contribution < -0.4 is 21.5 Å². The summed E-state index contributed by atoms with van der Waals surface area (Å²) in [5.74, 6) is 0.857. The van der Waals surface area contributed by atoms with Gasteiger partial charge in [-0.05, 0) is 44.1 Å². The van der Waals surface area contributed by atoms with Gasteiger partial charge in [0.2, 0.25) is 0 Å². The van der Waals surface area contributed by atoms with E-state index in [1.54, 1.807) is 6.33 Å². The number of aromatic nitrogens is 2. The zero-order valence-corrected chi connectivity index (χ0v) is 15.9. The highest BCUT2D eigenvalue weighted by Gasteiger charge is 2.33. The van der Waals surface area contributed by atoms with Crippen molar-refractivity contribution in [2.45, 2.75) is 50.7 Å². The highest BCUT2D eigenvalue weighted by molar-refractivity contribution is 7.19. The Hall–Kier alpha value is -1.79. The summed E-state index contributed by atoms with van der Waals surface area (Å²) >= 11 is 1.83. The van der Waals surface area contributed by atoms with Crippen LogP contribution in [0.15, 0.2) is 6.33 Å². The topological polar surface area (TPSA) is 103 Å². The molecule has 1 fully saturated rings. The van der Waals surface area contributed by atoms with E-state index in [9.17, 15) is 5.26 Å². The van der Waals surface area contributed by atoms with Gasteiger partial charge in [0.25, 0.3) is 0 Å². The zero-order chi connectivity index (χ0) is 18.1. The third kappa shape index (κ3) is 3.16. The molecule has 3 unspecified atom stereocenters. The highest BCUT2D eigenvalue weighted by Crippen LogP contribution is 2.39. The number of hydrogen-bond donors (Lipinski definition) is 3. The fourth-order valence-corrected chi connectivity index (χ4v) is 5.30. The molecule has 0 spiro atoms. The third-order valence-electron chi connectivity index (χ3n) is 5.51. The average molecular weight is 372 g/mol. The Morgan fingerprint density at radius 2 is 2.19 bits per heavy atom. The second-order valence-corrected chi connectivity index (χ2v) is 8.31. The number of aryl methyl sites for hydroxylation is 2. The maximum atomic E-state index is 9.26. The van der Waals surface area contributed by atoms with Crippen molar-refractivity contribution in [3.8, 4) is 6.07 Å². The molecule has 0 radical (unpaired) electrons. The van der Waals surface area contributed by atoms with Crippen molar-refractivity contribution < 1.29 is 0 Å². The fraction of sp³-hybridized carbons (Fsp3) is 0.611. The molecule has 0 saturated carbocycles. The van der Waals surface area contributed by atoms with E-state index in [0.717, 1.165) is 36.5 Å². The number of rotatable bonds is 5. The summed E-state index contributed by atoms with van der Waals surface area (Å²) in [7, 11) is 2.10. The van der Waals surface area contributed by atoms with Gasteiger partial charge >= 0.3 is 0 Å². The average Bonchev–Trinajstić information content (AvgIpc) is 3.21. The summed E-state index contributed by atoms with van der Waals surface area (Å²) in [6.07, 6.45) is 8.12. The van der Waals surface area contributed by atoms with Crippen LogP contribution in [0.1, 0.15) is 36.1 Å². The normalized spacial score (nSPS) is 25.2. The molecule has 0 bridgehead atoms. The van der Waals surface area contributed by atoms with Gasteiger partial charge in [0.05, 0.1) is 23.5 Å². The van der Waals surface area contributed by atoms with Crippen molar-refractivity contribution in [2.24, 2.45) is 11.7 Å². The van der Waals surface area contributed by atoms with E-state index in [1.807, 2.05) is 11.3 Å². The molecular weight excluding hydrogens is 346 g/mol. The van der Waals surface area contributed by atoms with Gasteiger partial charge in [-0.2, -0.15) is 5.26 Å². The lowest BCUT2D eigenvalue weighted by Gasteiger charge is -2.21. The van der Waals surface area contributed by atoms with Gasteiger partial charge < -0.3 is 10.6 Å². The molecule has 7 nitrogen and oxygen atoms in total. The molecule has 138 valence electrons. The molecule has 2 aliphatic rings. The second-order valence-electron chi connectivity index (χ2n) is 7.23. The minimum atomic E-state index is -0.290. The predicted octanol–water partition coefficient (Wildman–Crippen LogP) is 1.69. The van der Waals surface area contributed by atoms with Crippen LogP contribution in [0.2, 0.25) is 0 Å². The Morgan fingerprint density at radius 3 is 3.04 bits per heavy atom. The fourth-order valence-electron chi connectivity index (χ4n) is 4.07. The molecule has 2 aromatic heterocycles. The molecule has 3 atom stereocenters. The number of nitriles is 1. The number of hydrazine groups is 1. The van der Waals surface area contributed by atoms with Gasteiger partial charge in [-0.25, -0.2) is 15.4 Å². The number of fused-ring (bicyclic) bond motifs is 3. The summed E-state index contributed by atoms with van der Waals surface area (Å²) in [6, 6.07) is 2.41. The Morgan fingerprint density at radius 1 is 1.35 bits per heavy atom. The number of hydrogen-bond acceptors (Lipinski definition) is 8. The van der Waals surface area contributed by atoms with E-state index in [1.165, 1.54) is 35.1 Å². The Bertz CT molecular complexity index is 827. The van der Waals surface area contributed by atoms with E-state index in [0.29, 0.717) is 0 Å². The lowest BCUT2D eigenvalue weighted by Crippen LogP contribution is -2.38. The van der Waals surface area contributed by atoms with Crippen LogP contribution in [-0.2, 0) is 12.8 Å². The molecule has 0 amide bonds. The van der Waals surface area contributed by atoms with Gasteiger partial charge in [-0.15, -0.1) is 11.3 Å². The van der Waals surface area contributed by atoms with E-state index in [2.05, 4.69) is 38.8 Å². The van der Waals surface area contributed by atoms with Crippen LogP contribution in [0.3, 0.4) is 0 Å². The summed E-state index contributed by atoms with van der Waals surface area (Å²) in [5, 5.41) is 10.5. The van der Waals surface area contributed by atoms with Crippen LogP contribution in [0.25, 0.3) is 10.2 Å². The molecule has 26 heavy (non-hydrogen) atoms. The molecule has 2 aromatic rings. The van der Waals surface area contributed by atoms with Crippen molar-refractivity contribution in [3.63, 3.8) is 0 Å². The second kappa shape index (κ2) is 7.45. The first kappa shape index (κ1) is 17.6. The maximum Gasteiger partial charge on any atom is 0.140 e. The number of anilines is 1. The van der Waals surface area contributed by atoms with Crippen molar-refractivity contribution in [2.75, 3.05) is 18.5 Å². The summed E-state index contributed by atoms with van der Waals surface area (Å²) in [6.45, 7) is 0.891. The smallest absolute Gasteiger partial charge is 0.140 e. The van der Waals surface area contributed by atoms with E-state index in [4.69, 9.17) is 5.73 Å². The molecule has 0 aromatic carbocycles. The molecule has 4 rings (SSSR count). The Kier molecular flexibility index (Phi) is 5.05. The van der Waals surface area contributed by atoms with Gasteiger partial charge in [0.15, 0.2) is 0 Å². The number of thiophene rings is 1. The zero-order valence-electron chi connectivity index (χ0n) is 15.0.